The molecule has 1 unspecified atom stereocenters. The first-order valence-corrected chi connectivity index (χ1v) is 6.23. The van der Waals surface area contributed by atoms with Crippen molar-refractivity contribution in [2.75, 3.05) is 6.61 Å². The fraction of sp³-hybridized carbons (Fsp3) is 0.571. The summed E-state index contributed by atoms with van der Waals surface area (Å²) in [5.41, 5.74) is 6.91. The highest BCUT2D eigenvalue weighted by Gasteiger charge is 2.12. The number of nitrogens with two attached hydrogens (primary N) is 1. The molecule has 0 bridgehead atoms. The van der Waals surface area contributed by atoms with Crippen LogP contribution in [0.2, 0.25) is 0 Å². The van der Waals surface area contributed by atoms with Gasteiger partial charge in [0.15, 0.2) is 11.5 Å². The van der Waals surface area contributed by atoms with Gasteiger partial charge >= 0.3 is 0 Å². The average Bonchev–Trinajstić information content (AvgIpc) is 2.23. The zero-order valence-electron chi connectivity index (χ0n) is 10.9. The van der Waals surface area contributed by atoms with Crippen molar-refractivity contribution in [3.8, 4) is 11.5 Å². The van der Waals surface area contributed by atoms with Gasteiger partial charge in [0.1, 0.15) is 0 Å². The second-order valence-corrected chi connectivity index (χ2v) is 4.79. The predicted molar refractivity (Wildman–Crippen MR) is 70.4 cm³/mol. The maximum absolute atomic E-state index is 10.0. The number of para-hydroxylation sites is 1. The second-order valence-electron chi connectivity index (χ2n) is 4.79. The highest BCUT2D eigenvalue weighted by Crippen LogP contribution is 2.30. The summed E-state index contributed by atoms with van der Waals surface area (Å²) in [5, 5.41) is 10.0. The van der Waals surface area contributed by atoms with Gasteiger partial charge in [0.2, 0.25) is 0 Å². The molecule has 0 heterocycles. The molecule has 1 rings (SSSR count). The Kier molecular flexibility index (Phi) is 5.29. The zero-order valence-corrected chi connectivity index (χ0v) is 10.9. The quantitative estimate of drug-likeness (QED) is 0.799. The number of phenolic OH excluding ortho intramolecular Hbond substituents is 1. The molecule has 0 fully saturated rings. The Morgan fingerprint density at radius 1 is 1.35 bits per heavy atom. The molecule has 17 heavy (non-hydrogen) atoms. The van der Waals surface area contributed by atoms with Gasteiger partial charge < -0.3 is 15.6 Å². The third-order valence-corrected chi connectivity index (χ3v) is 2.64. The van der Waals surface area contributed by atoms with E-state index in [0.29, 0.717) is 24.7 Å². The number of rotatable bonds is 6. The Morgan fingerprint density at radius 2 is 2.06 bits per heavy atom. The molecular weight excluding hydrogens is 214 g/mol. The van der Waals surface area contributed by atoms with Gasteiger partial charge in [-0.15, -0.1) is 0 Å². The molecule has 96 valence electrons. The van der Waals surface area contributed by atoms with E-state index in [-0.39, 0.29) is 11.8 Å². The van der Waals surface area contributed by atoms with Gasteiger partial charge in [0.05, 0.1) is 6.61 Å². The summed E-state index contributed by atoms with van der Waals surface area (Å²) in [5.74, 6) is 1.34. The Bertz CT molecular complexity index is 350. The minimum atomic E-state index is 0.0813. The second kappa shape index (κ2) is 6.50. The van der Waals surface area contributed by atoms with Crippen molar-refractivity contribution in [3.05, 3.63) is 23.8 Å². The number of hydrogen-bond donors (Lipinski definition) is 2. The van der Waals surface area contributed by atoms with Crippen LogP contribution >= 0.6 is 0 Å². The van der Waals surface area contributed by atoms with Gasteiger partial charge in [-0.2, -0.15) is 0 Å². The van der Waals surface area contributed by atoms with Gasteiger partial charge in [0, 0.05) is 6.04 Å². The van der Waals surface area contributed by atoms with Crippen molar-refractivity contribution in [1.82, 2.24) is 0 Å². The number of hydrogen-bond acceptors (Lipinski definition) is 3. The van der Waals surface area contributed by atoms with E-state index in [0.717, 1.165) is 12.0 Å². The van der Waals surface area contributed by atoms with Crippen LogP contribution in [0.25, 0.3) is 0 Å². The van der Waals surface area contributed by atoms with Gasteiger partial charge in [-0.3, -0.25) is 0 Å². The van der Waals surface area contributed by atoms with Gasteiger partial charge in [0.25, 0.3) is 0 Å². The molecule has 0 saturated carbocycles. The maximum Gasteiger partial charge on any atom is 0.161 e. The van der Waals surface area contributed by atoms with Gasteiger partial charge in [-0.05, 0) is 37.3 Å². The van der Waals surface area contributed by atoms with Crippen LogP contribution < -0.4 is 10.5 Å². The fourth-order valence-electron chi connectivity index (χ4n) is 1.98. The first kappa shape index (κ1) is 13.8. The molecule has 3 heteroatoms. The van der Waals surface area contributed by atoms with E-state index in [2.05, 4.69) is 13.8 Å². The van der Waals surface area contributed by atoms with Crippen LogP contribution in [-0.4, -0.2) is 17.8 Å². The first-order valence-electron chi connectivity index (χ1n) is 6.23. The molecule has 0 spiro atoms. The SMILES string of the molecule is CCOc1cccc(CC(N)CC(C)C)c1O. The fourth-order valence-corrected chi connectivity index (χ4v) is 1.98. The molecule has 3 nitrogen and oxygen atoms in total. The Morgan fingerprint density at radius 3 is 2.65 bits per heavy atom. The summed E-state index contributed by atoms with van der Waals surface area (Å²) >= 11 is 0. The third kappa shape index (κ3) is 4.27. The number of benzene rings is 1. The maximum atomic E-state index is 10.0. The van der Waals surface area contributed by atoms with Gasteiger partial charge in [-0.1, -0.05) is 26.0 Å². The molecule has 0 amide bonds. The largest absolute Gasteiger partial charge is 0.504 e. The lowest BCUT2D eigenvalue weighted by molar-refractivity contribution is 0.316. The zero-order chi connectivity index (χ0) is 12.8. The smallest absolute Gasteiger partial charge is 0.161 e. The van der Waals surface area contributed by atoms with Crippen LogP contribution in [0, 0.1) is 5.92 Å². The lowest BCUT2D eigenvalue weighted by Gasteiger charge is -2.16. The van der Waals surface area contributed by atoms with Crippen molar-refractivity contribution in [2.45, 2.75) is 39.7 Å². The van der Waals surface area contributed by atoms with Crippen LogP contribution in [0.3, 0.4) is 0 Å². The van der Waals surface area contributed by atoms with Crippen molar-refractivity contribution in [3.63, 3.8) is 0 Å². The highest BCUT2D eigenvalue weighted by molar-refractivity contribution is 5.45. The lowest BCUT2D eigenvalue weighted by atomic mass is 9.97. The third-order valence-electron chi connectivity index (χ3n) is 2.64. The van der Waals surface area contributed by atoms with E-state index in [1.54, 1.807) is 6.07 Å². The molecule has 1 atom stereocenters. The summed E-state index contributed by atoms with van der Waals surface area (Å²) in [6.07, 6.45) is 1.64. The Labute approximate surface area is 104 Å². The van der Waals surface area contributed by atoms with Crippen LogP contribution in [0.15, 0.2) is 18.2 Å². The molecule has 0 aliphatic heterocycles. The predicted octanol–water partition coefficient (Wildman–Crippen LogP) is 2.71. The van der Waals surface area contributed by atoms with Crippen LogP contribution in [0.4, 0.5) is 0 Å². The van der Waals surface area contributed by atoms with E-state index >= 15 is 0 Å². The standard InChI is InChI=1S/C14H23NO2/c1-4-17-13-7-5-6-11(14(13)16)9-12(15)8-10(2)3/h5-7,10,12,16H,4,8-9,15H2,1-3H3. The topological polar surface area (TPSA) is 55.5 Å². The van der Waals surface area contributed by atoms with E-state index in [4.69, 9.17) is 10.5 Å². The average molecular weight is 237 g/mol. The van der Waals surface area contributed by atoms with E-state index < -0.39 is 0 Å². The molecule has 0 aliphatic carbocycles. The van der Waals surface area contributed by atoms with Crippen LogP contribution in [-0.2, 0) is 6.42 Å². The highest BCUT2D eigenvalue weighted by atomic mass is 16.5. The number of phenols is 1. The normalized spacial score (nSPS) is 12.8. The monoisotopic (exact) mass is 237 g/mol. The van der Waals surface area contributed by atoms with E-state index in [1.165, 1.54) is 0 Å². The number of ether oxygens (including phenoxy) is 1. The van der Waals surface area contributed by atoms with Crippen molar-refractivity contribution >= 4 is 0 Å². The lowest BCUT2D eigenvalue weighted by Crippen LogP contribution is -2.24. The Hall–Kier alpha value is -1.22. The van der Waals surface area contributed by atoms with Crippen LogP contribution in [0.1, 0.15) is 32.8 Å². The van der Waals surface area contributed by atoms with Crippen molar-refractivity contribution in [1.29, 1.82) is 0 Å². The summed E-state index contributed by atoms with van der Waals surface area (Å²) < 4.78 is 5.35. The summed E-state index contributed by atoms with van der Waals surface area (Å²) in [7, 11) is 0. The van der Waals surface area contributed by atoms with E-state index in [9.17, 15) is 5.11 Å². The minimum Gasteiger partial charge on any atom is -0.504 e. The molecule has 0 radical (unpaired) electrons. The van der Waals surface area contributed by atoms with E-state index in [1.807, 2.05) is 19.1 Å². The molecule has 3 N–H and O–H groups in total. The minimum absolute atomic E-state index is 0.0813. The summed E-state index contributed by atoms with van der Waals surface area (Å²) in [6, 6.07) is 5.65. The van der Waals surface area contributed by atoms with Crippen LogP contribution in [0.5, 0.6) is 11.5 Å². The Balaban J connectivity index is 2.73. The first-order chi connectivity index (χ1) is 8.04. The molecule has 1 aromatic carbocycles. The van der Waals surface area contributed by atoms with Crippen molar-refractivity contribution < 1.29 is 9.84 Å². The molecular formula is C14H23NO2. The molecule has 0 aromatic heterocycles. The summed E-state index contributed by atoms with van der Waals surface area (Å²) in [4.78, 5) is 0. The number of aromatic hydroxyl groups is 1. The summed E-state index contributed by atoms with van der Waals surface area (Å²) in [6.45, 7) is 6.75. The molecule has 0 saturated heterocycles. The van der Waals surface area contributed by atoms with Gasteiger partial charge in [-0.25, -0.2) is 0 Å². The van der Waals surface area contributed by atoms with Crippen molar-refractivity contribution in [2.24, 2.45) is 11.7 Å². The molecule has 0 aliphatic rings. The molecule has 1 aromatic rings.